The lowest BCUT2D eigenvalue weighted by molar-refractivity contribution is -0.384. The van der Waals surface area contributed by atoms with Crippen LogP contribution in [0.5, 0.6) is 0 Å². The quantitative estimate of drug-likeness (QED) is 0.677. The van der Waals surface area contributed by atoms with Gasteiger partial charge in [0, 0.05) is 18.5 Å². The van der Waals surface area contributed by atoms with E-state index in [1.807, 2.05) is 5.38 Å². The van der Waals surface area contributed by atoms with E-state index in [2.05, 4.69) is 4.98 Å². The van der Waals surface area contributed by atoms with Crippen LogP contribution < -0.4 is 4.90 Å². The van der Waals surface area contributed by atoms with Crippen LogP contribution in [0, 0.1) is 10.1 Å². The van der Waals surface area contributed by atoms with E-state index in [0.29, 0.717) is 17.8 Å². The Balaban J connectivity index is 2.32. The highest BCUT2D eigenvalue weighted by Crippen LogP contribution is 2.31. The Hall–Kier alpha value is -1.99. The van der Waals surface area contributed by atoms with Crippen LogP contribution in [-0.2, 0) is 6.54 Å². The summed E-state index contributed by atoms with van der Waals surface area (Å²) in [6.07, 6.45) is -0.730. The number of nitrogens with zero attached hydrogens (tertiary/aromatic N) is 3. The summed E-state index contributed by atoms with van der Waals surface area (Å²) in [7, 11) is 1.78. The number of aliphatic hydroxyl groups is 1. The second-order valence-corrected chi connectivity index (χ2v) is 5.24. The van der Waals surface area contributed by atoms with E-state index < -0.39 is 11.0 Å². The van der Waals surface area contributed by atoms with E-state index in [-0.39, 0.29) is 5.69 Å². The van der Waals surface area contributed by atoms with E-state index in [0.717, 1.165) is 5.69 Å². The number of nitro groups is 1. The number of hydrogen-bond donors (Lipinski definition) is 1. The zero-order chi connectivity index (χ0) is 14.7. The van der Waals surface area contributed by atoms with Gasteiger partial charge in [0.05, 0.1) is 28.8 Å². The minimum absolute atomic E-state index is 0.0128. The van der Waals surface area contributed by atoms with Gasteiger partial charge in [0.1, 0.15) is 5.69 Å². The molecule has 1 unspecified atom stereocenters. The standard InChI is InChI=1S/C13H15N3O3S/c1-9(17)10-3-4-12(13(5-10)16(18)19)15(2)6-11-7-20-8-14-11/h3-5,7-9,17H,6H2,1-2H3. The van der Waals surface area contributed by atoms with Crippen molar-refractivity contribution in [1.29, 1.82) is 0 Å². The summed E-state index contributed by atoms with van der Waals surface area (Å²) in [5.41, 5.74) is 3.62. The molecular formula is C13H15N3O3S. The van der Waals surface area contributed by atoms with Crippen LogP contribution in [-0.4, -0.2) is 22.1 Å². The van der Waals surface area contributed by atoms with E-state index in [1.54, 1.807) is 36.5 Å². The summed E-state index contributed by atoms with van der Waals surface area (Å²) >= 11 is 1.49. The van der Waals surface area contributed by atoms with Gasteiger partial charge in [-0.2, -0.15) is 0 Å². The molecule has 0 saturated heterocycles. The summed E-state index contributed by atoms with van der Waals surface area (Å²) in [4.78, 5) is 16.7. The van der Waals surface area contributed by atoms with Gasteiger partial charge in [0.25, 0.3) is 5.69 Å². The van der Waals surface area contributed by atoms with Gasteiger partial charge >= 0.3 is 0 Å². The molecule has 0 spiro atoms. The maximum absolute atomic E-state index is 11.2. The van der Waals surface area contributed by atoms with Gasteiger partial charge in [-0.1, -0.05) is 6.07 Å². The van der Waals surface area contributed by atoms with Gasteiger partial charge in [0.15, 0.2) is 0 Å². The second kappa shape index (κ2) is 5.98. The molecule has 20 heavy (non-hydrogen) atoms. The number of thiazole rings is 1. The molecule has 1 atom stereocenters. The Bertz CT molecular complexity index is 599. The monoisotopic (exact) mass is 293 g/mol. The summed E-state index contributed by atoms with van der Waals surface area (Å²) in [5, 5.41) is 22.6. The molecule has 1 N–H and O–H groups in total. The first-order valence-electron chi connectivity index (χ1n) is 6.03. The molecule has 7 heteroatoms. The summed E-state index contributed by atoms with van der Waals surface area (Å²) in [6, 6.07) is 4.77. The summed E-state index contributed by atoms with van der Waals surface area (Å²) in [5.74, 6) is 0. The zero-order valence-electron chi connectivity index (χ0n) is 11.2. The maximum atomic E-state index is 11.2. The molecule has 0 bridgehead atoms. The zero-order valence-corrected chi connectivity index (χ0v) is 12.0. The molecule has 106 valence electrons. The van der Waals surface area contributed by atoms with Crippen LogP contribution in [0.15, 0.2) is 29.1 Å². The minimum Gasteiger partial charge on any atom is -0.389 e. The van der Waals surface area contributed by atoms with E-state index in [4.69, 9.17) is 0 Å². The fraction of sp³-hybridized carbons (Fsp3) is 0.308. The van der Waals surface area contributed by atoms with Crippen molar-refractivity contribution in [3.05, 3.63) is 50.5 Å². The van der Waals surface area contributed by atoms with E-state index >= 15 is 0 Å². The van der Waals surface area contributed by atoms with E-state index in [1.165, 1.54) is 17.4 Å². The molecule has 0 aliphatic carbocycles. The normalized spacial score (nSPS) is 12.2. The lowest BCUT2D eigenvalue weighted by atomic mass is 10.1. The van der Waals surface area contributed by atoms with Crippen molar-refractivity contribution in [3.63, 3.8) is 0 Å². The van der Waals surface area contributed by atoms with Crippen molar-refractivity contribution >= 4 is 22.7 Å². The Morgan fingerprint density at radius 3 is 2.85 bits per heavy atom. The predicted octanol–water partition coefficient (Wildman–Crippen LogP) is 2.74. The Morgan fingerprint density at radius 2 is 2.30 bits per heavy atom. The average molecular weight is 293 g/mol. The number of benzene rings is 1. The molecule has 0 fully saturated rings. The van der Waals surface area contributed by atoms with Crippen molar-refractivity contribution in [2.24, 2.45) is 0 Å². The van der Waals surface area contributed by atoms with Gasteiger partial charge in [-0.05, 0) is 18.6 Å². The predicted molar refractivity (Wildman–Crippen MR) is 78.0 cm³/mol. The summed E-state index contributed by atoms with van der Waals surface area (Å²) < 4.78 is 0. The van der Waals surface area contributed by atoms with E-state index in [9.17, 15) is 15.2 Å². The molecule has 0 saturated carbocycles. The van der Waals surface area contributed by atoms with Crippen LogP contribution in [0.4, 0.5) is 11.4 Å². The lowest BCUT2D eigenvalue weighted by Gasteiger charge is -2.18. The number of hydrogen-bond acceptors (Lipinski definition) is 6. The molecule has 6 nitrogen and oxygen atoms in total. The molecule has 1 heterocycles. The van der Waals surface area contributed by atoms with Crippen molar-refractivity contribution in [2.75, 3.05) is 11.9 Å². The number of aliphatic hydroxyl groups excluding tert-OH is 1. The molecule has 2 aromatic rings. The lowest BCUT2D eigenvalue weighted by Crippen LogP contribution is -2.18. The molecule has 0 aliphatic heterocycles. The van der Waals surface area contributed by atoms with Crippen molar-refractivity contribution in [3.8, 4) is 0 Å². The highest BCUT2D eigenvalue weighted by Gasteiger charge is 2.19. The largest absolute Gasteiger partial charge is 0.389 e. The fourth-order valence-corrected chi connectivity index (χ4v) is 2.46. The number of rotatable bonds is 5. The van der Waals surface area contributed by atoms with Crippen LogP contribution in [0.3, 0.4) is 0 Å². The molecule has 0 aliphatic rings. The maximum Gasteiger partial charge on any atom is 0.292 e. The molecule has 0 radical (unpaired) electrons. The molecule has 1 aromatic heterocycles. The number of anilines is 1. The summed E-state index contributed by atoms with van der Waals surface area (Å²) in [6.45, 7) is 2.08. The molecule has 1 aromatic carbocycles. The number of aromatic nitrogens is 1. The molecule has 2 rings (SSSR count). The first-order valence-corrected chi connectivity index (χ1v) is 6.98. The van der Waals surface area contributed by atoms with Crippen LogP contribution >= 0.6 is 11.3 Å². The van der Waals surface area contributed by atoms with Crippen LogP contribution in [0.1, 0.15) is 24.3 Å². The van der Waals surface area contributed by atoms with Gasteiger partial charge in [-0.3, -0.25) is 10.1 Å². The van der Waals surface area contributed by atoms with Gasteiger partial charge in [-0.15, -0.1) is 11.3 Å². The van der Waals surface area contributed by atoms with Crippen molar-refractivity contribution in [2.45, 2.75) is 19.6 Å². The third-order valence-electron chi connectivity index (χ3n) is 2.97. The Labute approximate surface area is 120 Å². The number of nitro benzene ring substituents is 1. The third-order valence-corrected chi connectivity index (χ3v) is 3.61. The first-order chi connectivity index (χ1) is 9.49. The minimum atomic E-state index is -0.730. The molecule has 0 amide bonds. The molecular weight excluding hydrogens is 278 g/mol. The van der Waals surface area contributed by atoms with Crippen LogP contribution in [0.25, 0.3) is 0 Å². The average Bonchev–Trinajstić information content (AvgIpc) is 2.90. The highest BCUT2D eigenvalue weighted by molar-refractivity contribution is 7.07. The van der Waals surface area contributed by atoms with Gasteiger partial charge in [-0.25, -0.2) is 4.98 Å². The SMILES string of the molecule is CC(O)c1ccc(N(C)Cc2cscn2)c([N+](=O)[O-])c1. The van der Waals surface area contributed by atoms with Crippen molar-refractivity contribution < 1.29 is 10.0 Å². The topological polar surface area (TPSA) is 79.5 Å². The second-order valence-electron chi connectivity index (χ2n) is 4.52. The van der Waals surface area contributed by atoms with Gasteiger partial charge < -0.3 is 10.0 Å². The Kier molecular flexibility index (Phi) is 4.31. The smallest absolute Gasteiger partial charge is 0.292 e. The highest BCUT2D eigenvalue weighted by atomic mass is 32.1. The van der Waals surface area contributed by atoms with Crippen LogP contribution in [0.2, 0.25) is 0 Å². The Morgan fingerprint density at radius 1 is 1.55 bits per heavy atom. The fourth-order valence-electron chi connectivity index (χ4n) is 1.91. The first kappa shape index (κ1) is 14.4. The van der Waals surface area contributed by atoms with Gasteiger partial charge in [0.2, 0.25) is 0 Å². The van der Waals surface area contributed by atoms with Crippen molar-refractivity contribution in [1.82, 2.24) is 4.98 Å². The third kappa shape index (κ3) is 3.12.